The molecule has 0 aliphatic heterocycles. The maximum absolute atomic E-state index is 13.1. The van der Waals surface area contributed by atoms with Crippen molar-refractivity contribution in [1.29, 1.82) is 5.26 Å². The van der Waals surface area contributed by atoms with Gasteiger partial charge in [-0.1, -0.05) is 32.0 Å². The van der Waals surface area contributed by atoms with Gasteiger partial charge >= 0.3 is 5.97 Å². The van der Waals surface area contributed by atoms with Crippen LogP contribution in [0, 0.1) is 17.1 Å². The number of para-hydroxylation sites is 1. The Kier molecular flexibility index (Phi) is 8.16. The fourth-order valence-electron chi connectivity index (χ4n) is 2.67. The third-order valence-corrected chi connectivity index (χ3v) is 4.13. The Labute approximate surface area is 169 Å². The molecule has 2 aromatic rings. The molecule has 2 aromatic carbocycles. The highest BCUT2D eigenvalue weighted by Crippen LogP contribution is 2.25. The third kappa shape index (κ3) is 6.61. The van der Waals surface area contributed by atoms with E-state index in [1.807, 2.05) is 38.1 Å². The Bertz CT molecular complexity index is 875. The summed E-state index contributed by atoms with van der Waals surface area (Å²) >= 11 is 0. The molecule has 2 rings (SSSR count). The van der Waals surface area contributed by atoms with Gasteiger partial charge in [0.25, 0.3) is 5.91 Å². The molecule has 0 fully saturated rings. The van der Waals surface area contributed by atoms with Gasteiger partial charge in [-0.05, 0) is 41.8 Å². The second-order valence-electron chi connectivity index (χ2n) is 6.57. The number of amides is 1. The van der Waals surface area contributed by atoms with Crippen LogP contribution in [0.15, 0.2) is 48.5 Å². The highest BCUT2D eigenvalue weighted by Gasteiger charge is 2.18. The number of halogens is 1. The lowest BCUT2D eigenvalue weighted by molar-refractivity contribution is -0.149. The predicted molar refractivity (Wildman–Crippen MR) is 106 cm³/mol. The van der Waals surface area contributed by atoms with Gasteiger partial charge in [-0.2, -0.15) is 5.26 Å². The summed E-state index contributed by atoms with van der Waals surface area (Å²) in [5.41, 5.74) is 1.39. The number of carbonyl (C=O) groups is 2. The second-order valence-corrected chi connectivity index (χ2v) is 6.57. The van der Waals surface area contributed by atoms with Crippen LogP contribution in [0.5, 0.6) is 5.75 Å². The minimum Gasteiger partial charge on any atom is -0.482 e. The Hall–Kier alpha value is -3.40. The van der Waals surface area contributed by atoms with Gasteiger partial charge in [-0.3, -0.25) is 4.79 Å². The average Bonchev–Trinajstić information content (AvgIpc) is 2.72. The fraction of sp³-hybridized carbons (Fsp3) is 0.318. The first-order chi connectivity index (χ1) is 13.9. The molecule has 0 spiro atoms. The van der Waals surface area contributed by atoms with E-state index >= 15 is 0 Å². The van der Waals surface area contributed by atoms with Gasteiger partial charge in [-0.25, -0.2) is 9.18 Å². The highest BCUT2D eigenvalue weighted by atomic mass is 19.1. The molecule has 1 amide bonds. The van der Waals surface area contributed by atoms with Crippen molar-refractivity contribution in [1.82, 2.24) is 0 Å². The molecule has 0 N–H and O–H groups in total. The minimum absolute atomic E-state index is 0.0894. The van der Waals surface area contributed by atoms with Crippen LogP contribution in [0.2, 0.25) is 0 Å². The Morgan fingerprint density at radius 3 is 2.45 bits per heavy atom. The van der Waals surface area contributed by atoms with Crippen molar-refractivity contribution in [2.75, 3.05) is 24.7 Å². The number of benzene rings is 2. The molecule has 0 aliphatic rings. The van der Waals surface area contributed by atoms with E-state index in [0.717, 1.165) is 5.56 Å². The van der Waals surface area contributed by atoms with Crippen LogP contribution >= 0.6 is 0 Å². The SMILES string of the molecule is CC(C)c1ccccc1OCC(=O)OCC(=O)N(CCC#N)c1ccc(F)cc1. The van der Waals surface area contributed by atoms with E-state index in [0.29, 0.717) is 11.4 Å². The molecule has 0 heterocycles. The Morgan fingerprint density at radius 2 is 1.79 bits per heavy atom. The molecule has 6 nitrogen and oxygen atoms in total. The normalized spacial score (nSPS) is 10.3. The largest absolute Gasteiger partial charge is 0.482 e. The molecule has 0 atom stereocenters. The molecular formula is C22H23FN2O4. The maximum Gasteiger partial charge on any atom is 0.344 e. The summed E-state index contributed by atoms with van der Waals surface area (Å²) in [5, 5.41) is 8.80. The van der Waals surface area contributed by atoms with Crippen LogP contribution in [-0.2, 0) is 14.3 Å². The molecule has 0 aromatic heterocycles. The molecule has 0 radical (unpaired) electrons. The zero-order chi connectivity index (χ0) is 21.2. The van der Waals surface area contributed by atoms with Crippen LogP contribution < -0.4 is 9.64 Å². The quantitative estimate of drug-likeness (QED) is 0.600. The molecule has 152 valence electrons. The maximum atomic E-state index is 13.1. The van der Waals surface area contributed by atoms with E-state index in [-0.39, 0.29) is 25.5 Å². The smallest absolute Gasteiger partial charge is 0.344 e. The van der Waals surface area contributed by atoms with Gasteiger partial charge < -0.3 is 14.4 Å². The van der Waals surface area contributed by atoms with Crippen LogP contribution in [0.25, 0.3) is 0 Å². The summed E-state index contributed by atoms with van der Waals surface area (Å²) in [6.45, 7) is 3.31. The van der Waals surface area contributed by atoms with Crippen LogP contribution in [0.1, 0.15) is 31.7 Å². The predicted octanol–water partition coefficient (Wildman–Crippen LogP) is 3.82. The van der Waals surface area contributed by atoms with E-state index in [1.54, 1.807) is 6.07 Å². The van der Waals surface area contributed by atoms with Gasteiger partial charge in [0, 0.05) is 12.2 Å². The number of carbonyl (C=O) groups excluding carboxylic acids is 2. The summed E-state index contributed by atoms with van der Waals surface area (Å²) in [4.78, 5) is 25.7. The van der Waals surface area contributed by atoms with Crippen molar-refractivity contribution in [3.05, 3.63) is 59.9 Å². The first-order valence-electron chi connectivity index (χ1n) is 9.22. The highest BCUT2D eigenvalue weighted by molar-refractivity contribution is 5.95. The molecule has 0 unspecified atom stereocenters. The van der Waals surface area contributed by atoms with Crippen molar-refractivity contribution in [3.8, 4) is 11.8 Å². The van der Waals surface area contributed by atoms with Gasteiger partial charge in [0.2, 0.25) is 0 Å². The Balaban J connectivity index is 1.92. The molecule has 29 heavy (non-hydrogen) atoms. The molecular weight excluding hydrogens is 375 g/mol. The number of anilines is 1. The van der Waals surface area contributed by atoms with Gasteiger partial charge in [0.05, 0.1) is 12.5 Å². The van der Waals surface area contributed by atoms with E-state index in [2.05, 4.69) is 0 Å². The first-order valence-corrected chi connectivity index (χ1v) is 9.22. The topological polar surface area (TPSA) is 79.6 Å². The van der Waals surface area contributed by atoms with E-state index < -0.39 is 24.3 Å². The van der Waals surface area contributed by atoms with E-state index in [1.165, 1.54) is 29.2 Å². The zero-order valence-electron chi connectivity index (χ0n) is 16.4. The molecule has 0 saturated heterocycles. The Morgan fingerprint density at radius 1 is 1.10 bits per heavy atom. The van der Waals surface area contributed by atoms with Gasteiger partial charge in [0.15, 0.2) is 13.2 Å². The number of nitrogens with zero attached hydrogens (tertiary/aromatic N) is 2. The fourth-order valence-corrected chi connectivity index (χ4v) is 2.67. The number of esters is 1. The molecule has 0 saturated carbocycles. The van der Waals surface area contributed by atoms with Crippen LogP contribution in [0.4, 0.5) is 10.1 Å². The standard InChI is InChI=1S/C22H23FN2O4/c1-16(2)19-6-3-4-7-20(19)28-15-22(27)29-14-21(26)25(13-5-12-24)18-10-8-17(23)9-11-18/h3-4,6-11,16H,5,13-15H2,1-2H3. The number of nitriles is 1. The van der Waals surface area contributed by atoms with Crippen molar-refractivity contribution in [2.45, 2.75) is 26.2 Å². The molecule has 0 bridgehead atoms. The van der Waals surface area contributed by atoms with Crippen LogP contribution in [-0.4, -0.2) is 31.6 Å². The second kappa shape index (κ2) is 10.8. The number of rotatable bonds is 9. The summed E-state index contributed by atoms with van der Waals surface area (Å²) in [6.07, 6.45) is 0.0894. The van der Waals surface area contributed by atoms with Crippen LogP contribution in [0.3, 0.4) is 0 Å². The molecule has 7 heteroatoms. The van der Waals surface area contributed by atoms with Crippen molar-refractivity contribution in [2.24, 2.45) is 0 Å². The summed E-state index contributed by atoms with van der Waals surface area (Å²) in [5.74, 6) is -0.813. The van der Waals surface area contributed by atoms with Crippen molar-refractivity contribution < 1.29 is 23.5 Å². The van der Waals surface area contributed by atoms with Gasteiger partial charge in [0.1, 0.15) is 11.6 Å². The van der Waals surface area contributed by atoms with Crippen molar-refractivity contribution >= 4 is 17.6 Å². The lowest BCUT2D eigenvalue weighted by Gasteiger charge is -2.21. The summed E-state index contributed by atoms with van der Waals surface area (Å²) < 4.78 is 23.7. The number of ether oxygens (including phenoxy) is 2. The minimum atomic E-state index is -0.684. The van der Waals surface area contributed by atoms with Crippen molar-refractivity contribution in [3.63, 3.8) is 0 Å². The van der Waals surface area contributed by atoms with Gasteiger partial charge in [-0.15, -0.1) is 0 Å². The first kappa shape index (κ1) is 21.9. The number of hydrogen-bond acceptors (Lipinski definition) is 5. The lowest BCUT2D eigenvalue weighted by Crippen LogP contribution is -2.36. The van der Waals surface area contributed by atoms with E-state index in [4.69, 9.17) is 14.7 Å². The van der Waals surface area contributed by atoms with E-state index in [9.17, 15) is 14.0 Å². The zero-order valence-corrected chi connectivity index (χ0v) is 16.4. The monoisotopic (exact) mass is 398 g/mol. The third-order valence-electron chi connectivity index (χ3n) is 4.13. The average molecular weight is 398 g/mol. The lowest BCUT2D eigenvalue weighted by atomic mass is 10.0. The molecule has 0 aliphatic carbocycles. The number of hydrogen-bond donors (Lipinski definition) is 0. The summed E-state index contributed by atoms with van der Waals surface area (Å²) in [7, 11) is 0. The summed E-state index contributed by atoms with van der Waals surface area (Å²) in [6, 6.07) is 14.6.